The summed E-state index contributed by atoms with van der Waals surface area (Å²) in [5, 5.41) is 0.564. The van der Waals surface area contributed by atoms with Crippen LogP contribution in [0, 0.1) is 6.92 Å². The molecule has 0 bridgehead atoms. The van der Waals surface area contributed by atoms with Crippen molar-refractivity contribution in [3.63, 3.8) is 0 Å². The molecule has 5 heteroatoms. The normalized spacial score (nSPS) is 13.5. The minimum atomic E-state index is -0.738. The Morgan fingerprint density at radius 3 is 2.67 bits per heavy atom. The fourth-order valence-electron chi connectivity index (χ4n) is 2.61. The Kier molecular flexibility index (Phi) is 4.95. The summed E-state index contributed by atoms with van der Waals surface area (Å²) in [5.74, 6) is 1.57. The number of ether oxygens (including phenoxy) is 3. The third-order valence-corrected chi connectivity index (χ3v) is 4.30. The highest BCUT2D eigenvalue weighted by atomic mass is 35.5. The van der Waals surface area contributed by atoms with E-state index in [1.807, 2.05) is 31.2 Å². The Hall–Kier alpha value is -2.20. The Labute approximate surface area is 146 Å². The van der Waals surface area contributed by atoms with Gasteiger partial charge >= 0.3 is 6.16 Å². The molecule has 0 atom stereocenters. The van der Waals surface area contributed by atoms with Crippen molar-refractivity contribution in [3.8, 4) is 11.5 Å². The minimum Gasteiger partial charge on any atom is -0.487 e. The molecule has 1 fully saturated rings. The second kappa shape index (κ2) is 7.14. The van der Waals surface area contributed by atoms with Crippen molar-refractivity contribution in [2.24, 2.45) is 0 Å². The van der Waals surface area contributed by atoms with E-state index in [1.54, 1.807) is 6.07 Å². The first-order chi connectivity index (χ1) is 11.6. The lowest BCUT2D eigenvalue weighted by Gasteiger charge is -2.15. The quantitative estimate of drug-likeness (QED) is 0.548. The first-order valence-electron chi connectivity index (χ1n) is 7.85. The maximum absolute atomic E-state index is 11.5. The molecule has 0 N–H and O–H groups in total. The van der Waals surface area contributed by atoms with Gasteiger partial charge in [-0.2, -0.15) is 0 Å². The Balaban J connectivity index is 1.85. The standard InChI is InChI=1S/C19H19ClO4/c1-12-6-9-18(16(20)10-12)23-11-15-14(13-7-8-13)4-3-5-17(15)24-19(21)22-2/h3-6,9-10,13H,7-8,11H2,1-2H3. The van der Waals surface area contributed by atoms with E-state index in [0.29, 0.717) is 22.4 Å². The molecule has 0 unspecified atom stereocenters. The van der Waals surface area contributed by atoms with Crippen LogP contribution in [0.3, 0.4) is 0 Å². The van der Waals surface area contributed by atoms with Crippen LogP contribution in [0.2, 0.25) is 5.02 Å². The van der Waals surface area contributed by atoms with Gasteiger partial charge < -0.3 is 14.2 Å². The highest BCUT2D eigenvalue weighted by molar-refractivity contribution is 6.32. The summed E-state index contributed by atoms with van der Waals surface area (Å²) in [6, 6.07) is 11.3. The van der Waals surface area contributed by atoms with E-state index in [2.05, 4.69) is 10.8 Å². The fraction of sp³-hybridized carbons (Fsp3) is 0.316. The van der Waals surface area contributed by atoms with E-state index >= 15 is 0 Å². The van der Waals surface area contributed by atoms with Crippen LogP contribution in [0.4, 0.5) is 4.79 Å². The number of carbonyl (C=O) groups is 1. The van der Waals surface area contributed by atoms with Crippen LogP contribution < -0.4 is 9.47 Å². The number of carbonyl (C=O) groups excluding carboxylic acids is 1. The van der Waals surface area contributed by atoms with Gasteiger partial charge in [-0.1, -0.05) is 29.8 Å². The number of benzene rings is 2. The van der Waals surface area contributed by atoms with Gasteiger partial charge in [0.05, 0.1) is 12.1 Å². The van der Waals surface area contributed by atoms with Crippen molar-refractivity contribution in [3.05, 3.63) is 58.1 Å². The van der Waals surface area contributed by atoms with Crippen LogP contribution >= 0.6 is 11.6 Å². The minimum absolute atomic E-state index is 0.280. The van der Waals surface area contributed by atoms with Crippen LogP contribution in [0.15, 0.2) is 36.4 Å². The average molecular weight is 347 g/mol. The maximum atomic E-state index is 11.5. The summed E-state index contributed by atoms with van der Waals surface area (Å²) >= 11 is 6.23. The molecule has 0 heterocycles. The van der Waals surface area contributed by atoms with Crippen LogP contribution in [-0.4, -0.2) is 13.3 Å². The smallest absolute Gasteiger partial charge is 0.487 e. The van der Waals surface area contributed by atoms with E-state index in [-0.39, 0.29) is 6.61 Å². The third-order valence-electron chi connectivity index (χ3n) is 4.01. The second-order valence-corrected chi connectivity index (χ2v) is 6.28. The van der Waals surface area contributed by atoms with E-state index < -0.39 is 6.16 Å². The Morgan fingerprint density at radius 2 is 2.00 bits per heavy atom. The van der Waals surface area contributed by atoms with Gasteiger partial charge in [-0.05, 0) is 55.0 Å². The first-order valence-corrected chi connectivity index (χ1v) is 8.23. The molecule has 3 rings (SSSR count). The lowest BCUT2D eigenvalue weighted by Crippen LogP contribution is -2.11. The van der Waals surface area contributed by atoms with Gasteiger partial charge in [-0.15, -0.1) is 0 Å². The molecular weight excluding hydrogens is 328 g/mol. The lowest BCUT2D eigenvalue weighted by atomic mass is 10.0. The monoisotopic (exact) mass is 346 g/mol. The zero-order valence-electron chi connectivity index (χ0n) is 13.7. The van der Waals surface area contributed by atoms with Gasteiger partial charge in [0.2, 0.25) is 0 Å². The molecule has 0 radical (unpaired) electrons. The van der Waals surface area contributed by atoms with Crippen LogP contribution in [-0.2, 0) is 11.3 Å². The summed E-state index contributed by atoms with van der Waals surface area (Å²) in [7, 11) is 1.29. The van der Waals surface area contributed by atoms with Crippen molar-refractivity contribution in [2.45, 2.75) is 32.3 Å². The van der Waals surface area contributed by atoms with E-state index in [4.69, 9.17) is 21.1 Å². The van der Waals surface area contributed by atoms with Crippen molar-refractivity contribution in [2.75, 3.05) is 7.11 Å². The number of hydrogen-bond acceptors (Lipinski definition) is 4. The molecule has 0 spiro atoms. The topological polar surface area (TPSA) is 44.8 Å². The molecule has 1 aliphatic rings. The molecule has 1 saturated carbocycles. The van der Waals surface area contributed by atoms with Gasteiger partial charge in [0, 0.05) is 5.56 Å². The number of rotatable bonds is 5. The second-order valence-electron chi connectivity index (χ2n) is 5.88. The predicted octanol–water partition coefficient (Wildman–Crippen LogP) is 5.25. The molecular formula is C19H19ClO4. The van der Waals surface area contributed by atoms with E-state index in [0.717, 1.165) is 29.5 Å². The fourth-order valence-corrected chi connectivity index (χ4v) is 2.90. The van der Waals surface area contributed by atoms with E-state index in [9.17, 15) is 4.79 Å². The van der Waals surface area contributed by atoms with Gasteiger partial charge in [-0.3, -0.25) is 0 Å². The number of methoxy groups -OCH3 is 1. The molecule has 2 aromatic carbocycles. The molecule has 126 valence electrons. The first kappa shape index (κ1) is 16.7. The summed E-state index contributed by atoms with van der Waals surface area (Å²) in [4.78, 5) is 11.5. The Bertz CT molecular complexity index is 753. The highest BCUT2D eigenvalue weighted by Gasteiger charge is 2.28. The zero-order valence-corrected chi connectivity index (χ0v) is 14.4. The van der Waals surface area contributed by atoms with Gasteiger partial charge in [0.15, 0.2) is 0 Å². The SMILES string of the molecule is COC(=O)Oc1cccc(C2CC2)c1COc1ccc(C)cc1Cl. The lowest BCUT2D eigenvalue weighted by molar-refractivity contribution is 0.120. The molecule has 0 amide bonds. The number of aryl methyl sites for hydroxylation is 1. The molecule has 0 aliphatic heterocycles. The molecule has 0 saturated heterocycles. The van der Waals surface area contributed by atoms with Crippen LogP contribution in [0.25, 0.3) is 0 Å². The molecule has 1 aliphatic carbocycles. The highest BCUT2D eigenvalue weighted by Crippen LogP contribution is 2.44. The van der Waals surface area contributed by atoms with Crippen molar-refractivity contribution in [1.29, 1.82) is 0 Å². The molecule has 2 aromatic rings. The van der Waals surface area contributed by atoms with Gasteiger partial charge in [0.25, 0.3) is 0 Å². The summed E-state index contributed by atoms with van der Waals surface area (Å²) < 4.78 is 15.8. The Morgan fingerprint density at radius 1 is 1.21 bits per heavy atom. The van der Waals surface area contributed by atoms with Crippen molar-refractivity contribution < 1.29 is 19.0 Å². The average Bonchev–Trinajstić information content (AvgIpc) is 3.39. The van der Waals surface area contributed by atoms with E-state index in [1.165, 1.54) is 7.11 Å². The summed E-state index contributed by atoms with van der Waals surface area (Å²) in [5.41, 5.74) is 3.09. The molecule has 0 aromatic heterocycles. The number of hydrogen-bond donors (Lipinski definition) is 0. The maximum Gasteiger partial charge on any atom is 0.513 e. The molecule has 4 nitrogen and oxygen atoms in total. The van der Waals surface area contributed by atoms with Crippen LogP contribution in [0.1, 0.15) is 35.4 Å². The van der Waals surface area contributed by atoms with Crippen molar-refractivity contribution >= 4 is 17.8 Å². The largest absolute Gasteiger partial charge is 0.513 e. The van der Waals surface area contributed by atoms with Crippen molar-refractivity contribution in [1.82, 2.24) is 0 Å². The van der Waals surface area contributed by atoms with Gasteiger partial charge in [0.1, 0.15) is 18.1 Å². The predicted molar refractivity (Wildman–Crippen MR) is 92.0 cm³/mol. The summed E-state index contributed by atoms with van der Waals surface area (Å²) in [6.07, 6.45) is 1.54. The third kappa shape index (κ3) is 3.82. The molecule has 24 heavy (non-hydrogen) atoms. The number of halogens is 1. The summed E-state index contributed by atoms with van der Waals surface area (Å²) in [6.45, 7) is 2.25. The zero-order chi connectivity index (χ0) is 17.1. The van der Waals surface area contributed by atoms with Crippen LogP contribution in [0.5, 0.6) is 11.5 Å². The van der Waals surface area contributed by atoms with Gasteiger partial charge in [-0.25, -0.2) is 4.79 Å².